The van der Waals surface area contributed by atoms with E-state index in [9.17, 15) is 4.79 Å². The van der Waals surface area contributed by atoms with Crippen molar-refractivity contribution in [1.29, 1.82) is 0 Å². The normalized spacial score (nSPS) is 24.8. The largest absolute Gasteiger partial charge is 0.497 e. The van der Waals surface area contributed by atoms with Crippen molar-refractivity contribution in [1.82, 2.24) is 10.6 Å². The number of nitrogens with one attached hydrogen (secondary N) is 3. The second-order valence-corrected chi connectivity index (χ2v) is 7.29. The fourth-order valence-corrected chi connectivity index (χ4v) is 4.07. The molecule has 0 unspecified atom stereocenters. The van der Waals surface area contributed by atoms with E-state index in [0.29, 0.717) is 22.3 Å². The molecule has 1 saturated heterocycles. The van der Waals surface area contributed by atoms with E-state index in [0.717, 1.165) is 11.3 Å². The highest BCUT2D eigenvalue weighted by atomic mass is 32.1. The molecule has 3 atom stereocenters. The zero-order valence-electron chi connectivity index (χ0n) is 15.7. The summed E-state index contributed by atoms with van der Waals surface area (Å²) in [5.41, 5.74) is 0.521. The number of rotatable bonds is 4. The molecule has 0 saturated carbocycles. The van der Waals surface area contributed by atoms with Gasteiger partial charge in [-0.05, 0) is 61.6 Å². The van der Waals surface area contributed by atoms with Crippen LogP contribution in [0.25, 0.3) is 0 Å². The van der Waals surface area contributed by atoms with E-state index in [2.05, 4.69) is 16.0 Å². The van der Waals surface area contributed by atoms with Crippen LogP contribution in [0.1, 0.15) is 18.5 Å². The maximum absolute atomic E-state index is 13.2. The summed E-state index contributed by atoms with van der Waals surface area (Å²) in [6.45, 7) is 1.83. The predicted octanol–water partition coefficient (Wildman–Crippen LogP) is 2.59. The second kappa shape index (κ2) is 6.87. The molecule has 7 nitrogen and oxygen atoms in total. The summed E-state index contributed by atoms with van der Waals surface area (Å²) < 4.78 is 16.7. The van der Waals surface area contributed by atoms with E-state index in [1.165, 1.54) is 0 Å². The standard InChI is InChI=1S/C20H21N3O4S/c1-20-16(18(24)21-11-4-6-12(25-2)7-5-11)17(22-19(28)23-20)14-10-13(26-3)8-9-15(14)27-20/h4-10,16-17H,1-3H3,(H,21,24)(H2,22,23,28)/t16-,17-,20+/m1/s1. The molecule has 146 valence electrons. The Morgan fingerprint density at radius 2 is 1.82 bits per heavy atom. The van der Waals surface area contributed by atoms with Crippen LogP contribution < -0.4 is 30.2 Å². The molecule has 28 heavy (non-hydrogen) atoms. The van der Waals surface area contributed by atoms with Crippen LogP contribution in [-0.4, -0.2) is 31.0 Å². The van der Waals surface area contributed by atoms with Crippen molar-refractivity contribution in [2.24, 2.45) is 5.92 Å². The molecule has 0 aliphatic carbocycles. The molecular weight excluding hydrogens is 378 g/mol. The number of thiocarbonyl (C=S) groups is 1. The fraction of sp³-hybridized carbons (Fsp3) is 0.300. The minimum atomic E-state index is -0.981. The summed E-state index contributed by atoms with van der Waals surface area (Å²) in [5, 5.41) is 9.74. The summed E-state index contributed by atoms with van der Waals surface area (Å²) >= 11 is 5.34. The maximum atomic E-state index is 13.2. The van der Waals surface area contributed by atoms with E-state index in [4.69, 9.17) is 26.4 Å². The van der Waals surface area contributed by atoms with Gasteiger partial charge < -0.3 is 30.2 Å². The summed E-state index contributed by atoms with van der Waals surface area (Å²) in [4.78, 5) is 13.2. The Kier molecular flexibility index (Phi) is 4.50. The van der Waals surface area contributed by atoms with Gasteiger partial charge in [0.15, 0.2) is 10.8 Å². The molecule has 2 bridgehead atoms. The van der Waals surface area contributed by atoms with Crippen LogP contribution in [0.2, 0.25) is 0 Å². The van der Waals surface area contributed by atoms with Crippen LogP contribution in [0, 0.1) is 5.92 Å². The Labute approximate surface area is 168 Å². The van der Waals surface area contributed by atoms with Crippen molar-refractivity contribution < 1.29 is 19.0 Å². The Bertz CT molecular complexity index is 934. The molecule has 2 aromatic rings. The van der Waals surface area contributed by atoms with Crippen molar-refractivity contribution in [3.8, 4) is 17.2 Å². The topological polar surface area (TPSA) is 80.9 Å². The lowest BCUT2D eigenvalue weighted by Gasteiger charge is -2.50. The molecule has 1 fully saturated rings. The molecule has 0 spiro atoms. The lowest BCUT2D eigenvalue weighted by atomic mass is 9.80. The van der Waals surface area contributed by atoms with Gasteiger partial charge in [-0.15, -0.1) is 0 Å². The predicted molar refractivity (Wildman–Crippen MR) is 109 cm³/mol. The van der Waals surface area contributed by atoms with Gasteiger partial charge in [0, 0.05) is 11.3 Å². The minimum absolute atomic E-state index is 0.186. The summed E-state index contributed by atoms with van der Waals surface area (Å²) in [6, 6.07) is 12.4. The van der Waals surface area contributed by atoms with Crippen molar-refractivity contribution in [2.75, 3.05) is 19.5 Å². The first kappa shape index (κ1) is 18.4. The van der Waals surface area contributed by atoms with Crippen LogP contribution >= 0.6 is 12.2 Å². The number of carbonyl (C=O) groups is 1. The highest BCUT2D eigenvalue weighted by Crippen LogP contribution is 2.46. The van der Waals surface area contributed by atoms with E-state index < -0.39 is 11.6 Å². The minimum Gasteiger partial charge on any atom is -0.497 e. The van der Waals surface area contributed by atoms with E-state index >= 15 is 0 Å². The third-order valence-electron chi connectivity index (χ3n) is 5.09. The number of amides is 1. The zero-order chi connectivity index (χ0) is 19.9. The molecule has 2 aliphatic heterocycles. The van der Waals surface area contributed by atoms with Crippen LogP contribution in [0.4, 0.5) is 5.69 Å². The molecule has 0 aromatic heterocycles. The van der Waals surface area contributed by atoms with Crippen LogP contribution in [0.3, 0.4) is 0 Å². The quantitative estimate of drug-likeness (QED) is 0.682. The van der Waals surface area contributed by atoms with Crippen molar-refractivity contribution in [3.05, 3.63) is 48.0 Å². The van der Waals surface area contributed by atoms with Crippen molar-refractivity contribution in [3.63, 3.8) is 0 Å². The van der Waals surface area contributed by atoms with Crippen molar-refractivity contribution >= 4 is 28.9 Å². The number of hydrogen-bond donors (Lipinski definition) is 3. The van der Waals surface area contributed by atoms with Crippen molar-refractivity contribution in [2.45, 2.75) is 18.7 Å². The number of methoxy groups -OCH3 is 2. The van der Waals surface area contributed by atoms with Gasteiger partial charge in [0.25, 0.3) is 0 Å². The number of ether oxygens (including phenoxy) is 3. The molecule has 8 heteroatoms. The Balaban J connectivity index is 1.68. The van der Waals surface area contributed by atoms with Crippen LogP contribution in [0.5, 0.6) is 17.2 Å². The van der Waals surface area contributed by atoms with Gasteiger partial charge in [-0.2, -0.15) is 0 Å². The van der Waals surface area contributed by atoms with Gasteiger partial charge >= 0.3 is 0 Å². The highest BCUT2D eigenvalue weighted by Gasteiger charge is 2.54. The molecule has 4 rings (SSSR count). The fourth-order valence-electron chi connectivity index (χ4n) is 3.74. The lowest BCUT2D eigenvalue weighted by Crippen LogP contribution is -2.70. The highest BCUT2D eigenvalue weighted by molar-refractivity contribution is 7.80. The smallest absolute Gasteiger partial charge is 0.236 e. The third kappa shape index (κ3) is 3.09. The summed E-state index contributed by atoms with van der Waals surface area (Å²) in [6.07, 6.45) is 0. The van der Waals surface area contributed by atoms with Gasteiger partial charge in [0.2, 0.25) is 5.91 Å². The maximum Gasteiger partial charge on any atom is 0.236 e. The van der Waals surface area contributed by atoms with Crippen LogP contribution in [-0.2, 0) is 4.79 Å². The van der Waals surface area contributed by atoms with Gasteiger partial charge in [-0.25, -0.2) is 0 Å². The van der Waals surface area contributed by atoms with Gasteiger partial charge in [-0.3, -0.25) is 4.79 Å². The first-order chi connectivity index (χ1) is 13.4. The Morgan fingerprint density at radius 3 is 2.50 bits per heavy atom. The van der Waals surface area contributed by atoms with E-state index in [-0.39, 0.29) is 11.9 Å². The average molecular weight is 399 g/mol. The number of fused-ring (bicyclic) bond motifs is 4. The molecule has 2 heterocycles. The van der Waals surface area contributed by atoms with Gasteiger partial charge in [0.1, 0.15) is 23.2 Å². The zero-order valence-corrected chi connectivity index (χ0v) is 16.6. The third-order valence-corrected chi connectivity index (χ3v) is 5.31. The van der Waals surface area contributed by atoms with E-state index in [1.54, 1.807) is 38.5 Å². The number of benzene rings is 2. The Hall–Kier alpha value is -3.00. The molecule has 0 radical (unpaired) electrons. The first-order valence-electron chi connectivity index (χ1n) is 8.84. The molecule has 2 aromatic carbocycles. The number of carbonyl (C=O) groups excluding carboxylic acids is 1. The Morgan fingerprint density at radius 1 is 1.14 bits per heavy atom. The summed E-state index contributed by atoms with van der Waals surface area (Å²) in [7, 11) is 3.20. The van der Waals surface area contributed by atoms with Crippen LogP contribution in [0.15, 0.2) is 42.5 Å². The van der Waals surface area contributed by atoms with Gasteiger partial charge in [0.05, 0.1) is 20.3 Å². The SMILES string of the molecule is COc1ccc(NC(=O)[C@H]2[C@@H]3NC(=S)N[C@@]2(C)Oc2ccc(OC)cc23)cc1. The molecule has 2 aliphatic rings. The van der Waals surface area contributed by atoms with E-state index in [1.807, 2.05) is 25.1 Å². The number of anilines is 1. The second-order valence-electron chi connectivity index (χ2n) is 6.88. The summed E-state index contributed by atoms with van der Waals surface area (Å²) in [5.74, 6) is 1.34. The molecule has 1 amide bonds. The molecule has 3 N–H and O–H groups in total. The monoisotopic (exact) mass is 399 g/mol. The molecular formula is C20H21N3O4S. The number of hydrogen-bond acceptors (Lipinski definition) is 5. The average Bonchev–Trinajstić information content (AvgIpc) is 2.67. The first-order valence-corrected chi connectivity index (χ1v) is 9.25. The van der Waals surface area contributed by atoms with Gasteiger partial charge in [-0.1, -0.05) is 0 Å². The lowest BCUT2D eigenvalue weighted by molar-refractivity contribution is -0.132.